The lowest BCUT2D eigenvalue weighted by molar-refractivity contribution is 0.0686. The van der Waals surface area contributed by atoms with E-state index in [0.717, 1.165) is 39.8 Å². The zero-order chi connectivity index (χ0) is 28.1. The van der Waals surface area contributed by atoms with Crippen molar-refractivity contribution < 1.29 is 34.4 Å². The summed E-state index contributed by atoms with van der Waals surface area (Å²) in [6.07, 6.45) is 0.916. The minimum absolute atomic E-state index is 0.158. The Morgan fingerprint density at radius 2 is 0.974 bits per heavy atom. The van der Waals surface area contributed by atoms with E-state index in [9.17, 15) is 29.7 Å². The van der Waals surface area contributed by atoms with Crippen LogP contribution in [-0.4, -0.2) is 39.8 Å². The van der Waals surface area contributed by atoms with Gasteiger partial charge in [0.15, 0.2) is 0 Å². The van der Waals surface area contributed by atoms with Crippen LogP contribution in [0.25, 0.3) is 33.4 Å². The van der Waals surface area contributed by atoms with Crippen molar-refractivity contribution in [2.45, 2.75) is 20.3 Å². The highest BCUT2D eigenvalue weighted by molar-refractivity contribution is 5.93. The van der Waals surface area contributed by atoms with E-state index < -0.39 is 17.9 Å². The molecule has 4 aromatic rings. The average molecular weight is 525 g/mol. The van der Waals surface area contributed by atoms with Crippen molar-refractivity contribution in [2.24, 2.45) is 5.92 Å². The van der Waals surface area contributed by atoms with Crippen molar-refractivity contribution in [3.05, 3.63) is 102 Å². The summed E-state index contributed by atoms with van der Waals surface area (Å²) in [5, 5.41) is 28.1. The van der Waals surface area contributed by atoms with Gasteiger partial charge in [0.1, 0.15) is 5.75 Å². The first-order chi connectivity index (χ1) is 18.7. The predicted octanol–water partition coefficient (Wildman–Crippen LogP) is 7.21. The fourth-order valence-corrected chi connectivity index (χ4v) is 4.11. The van der Waals surface area contributed by atoms with Crippen LogP contribution in [-0.2, 0) is 0 Å². The number of carboxylic acids is 3. The van der Waals surface area contributed by atoms with Gasteiger partial charge in [0.25, 0.3) is 0 Å². The molecule has 0 saturated carbocycles. The highest BCUT2D eigenvalue weighted by Crippen LogP contribution is 2.43. The fourth-order valence-electron chi connectivity index (χ4n) is 4.11. The molecule has 0 aliphatic carbocycles. The monoisotopic (exact) mass is 524 g/mol. The minimum atomic E-state index is -1.03. The molecule has 1 atom stereocenters. The number of hydrogen-bond donors (Lipinski definition) is 3. The van der Waals surface area contributed by atoms with Crippen molar-refractivity contribution >= 4 is 17.9 Å². The van der Waals surface area contributed by atoms with Crippen LogP contribution in [0.15, 0.2) is 84.9 Å². The molecule has 4 rings (SSSR count). The summed E-state index contributed by atoms with van der Waals surface area (Å²) in [6, 6.07) is 23.4. The van der Waals surface area contributed by atoms with Crippen molar-refractivity contribution in [1.82, 2.24) is 0 Å². The minimum Gasteiger partial charge on any atom is -0.492 e. The maximum absolute atomic E-state index is 11.4. The first-order valence-corrected chi connectivity index (χ1v) is 12.5. The van der Waals surface area contributed by atoms with Gasteiger partial charge in [-0.3, -0.25) is 0 Å². The van der Waals surface area contributed by atoms with Crippen LogP contribution >= 0.6 is 0 Å². The summed E-state index contributed by atoms with van der Waals surface area (Å²) in [4.78, 5) is 34.3. The third kappa shape index (κ3) is 6.15. The van der Waals surface area contributed by atoms with E-state index in [0.29, 0.717) is 12.4 Å². The van der Waals surface area contributed by atoms with Gasteiger partial charge in [-0.15, -0.1) is 0 Å². The van der Waals surface area contributed by atoms with Gasteiger partial charge in [0.05, 0.1) is 23.3 Å². The number of carboxylic acid groups (broad SMARTS) is 3. The van der Waals surface area contributed by atoms with Crippen LogP contribution in [0.4, 0.5) is 0 Å². The lowest BCUT2D eigenvalue weighted by atomic mass is 9.91. The Morgan fingerprint density at radius 3 is 1.31 bits per heavy atom. The zero-order valence-corrected chi connectivity index (χ0v) is 21.5. The third-order valence-electron chi connectivity index (χ3n) is 6.65. The number of benzene rings is 4. The molecule has 198 valence electrons. The van der Waals surface area contributed by atoms with Crippen molar-refractivity contribution in [3.63, 3.8) is 0 Å². The molecule has 7 heteroatoms. The second-order valence-corrected chi connectivity index (χ2v) is 9.37. The largest absolute Gasteiger partial charge is 0.492 e. The third-order valence-corrected chi connectivity index (χ3v) is 6.65. The number of ether oxygens (including phenoxy) is 1. The summed E-state index contributed by atoms with van der Waals surface area (Å²) in [5.41, 5.74) is 4.99. The number of rotatable bonds is 10. The average Bonchev–Trinajstić information content (AvgIpc) is 2.95. The Balaban J connectivity index is 1.96. The molecule has 0 spiro atoms. The Kier molecular flexibility index (Phi) is 8.10. The molecule has 0 fully saturated rings. The maximum Gasteiger partial charge on any atom is 0.335 e. The van der Waals surface area contributed by atoms with E-state index in [4.69, 9.17) is 4.74 Å². The predicted molar refractivity (Wildman–Crippen MR) is 149 cm³/mol. The summed E-state index contributed by atoms with van der Waals surface area (Å²) >= 11 is 0. The highest BCUT2D eigenvalue weighted by atomic mass is 16.5. The van der Waals surface area contributed by atoms with Gasteiger partial charge >= 0.3 is 17.9 Å². The molecule has 3 N–H and O–H groups in total. The molecule has 0 radical (unpaired) electrons. The Hall–Kier alpha value is -4.91. The fraction of sp³-hybridized carbons (Fsp3) is 0.156. The van der Waals surface area contributed by atoms with Crippen LogP contribution in [0.3, 0.4) is 0 Å². The lowest BCUT2D eigenvalue weighted by Crippen LogP contribution is -2.09. The zero-order valence-electron chi connectivity index (χ0n) is 21.5. The standard InChI is InChI=1S/C32H28O7/c1-3-19(2)18-39-29-27(21-6-12-24(13-7-21)31(35)36)16-26(20-4-10-23(11-5-20)30(33)34)17-28(29)22-8-14-25(15-9-22)32(37)38/h4-17,19H,3,18H2,1-2H3,(H,33,34)(H,35,36)(H,37,38). The number of carbonyl (C=O) groups is 3. The van der Waals surface area contributed by atoms with Crippen LogP contribution in [0.2, 0.25) is 0 Å². The Bertz CT molecular complexity index is 1420. The van der Waals surface area contributed by atoms with Gasteiger partial charge in [-0.25, -0.2) is 14.4 Å². The summed E-state index contributed by atoms with van der Waals surface area (Å²) in [7, 11) is 0. The van der Waals surface area contributed by atoms with Crippen LogP contribution in [0.5, 0.6) is 5.75 Å². The van der Waals surface area contributed by atoms with Gasteiger partial charge in [-0.05, 0) is 76.7 Å². The molecule has 0 amide bonds. The van der Waals surface area contributed by atoms with E-state index in [2.05, 4.69) is 13.8 Å². The molecular formula is C32H28O7. The first-order valence-electron chi connectivity index (χ1n) is 12.5. The SMILES string of the molecule is CCC(C)COc1c(-c2ccc(C(=O)O)cc2)cc(-c2ccc(C(=O)O)cc2)cc1-c1ccc(C(=O)O)cc1. The molecule has 4 aromatic carbocycles. The van der Waals surface area contributed by atoms with Crippen LogP contribution in [0, 0.1) is 5.92 Å². The molecule has 0 aromatic heterocycles. The topological polar surface area (TPSA) is 121 Å². The molecule has 0 saturated heterocycles. The second kappa shape index (κ2) is 11.6. The van der Waals surface area contributed by atoms with Crippen LogP contribution in [0.1, 0.15) is 51.3 Å². The lowest BCUT2D eigenvalue weighted by Gasteiger charge is -2.21. The highest BCUT2D eigenvalue weighted by Gasteiger charge is 2.19. The quantitative estimate of drug-likeness (QED) is 0.200. The Morgan fingerprint density at radius 1 is 0.615 bits per heavy atom. The number of aromatic carboxylic acids is 3. The van der Waals surface area contributed by atoms with Gasteiger partial charge in [-0.2, -0.15) is 0 Å². The normalized spacial score (nSPS) is 11.5. The van der Waals surface area contributed by atoms with Crippen molar-refractivity contribution in [3.8, 4) is 39.1 Å². The molecular weight excluding hydrogens is 496 g/mol. The second-order valence-electron chi connectivity index (χ2n) is 9.37. The summed E-state index contributed by atoms with van der Waals surface area (Å²) < 4.78 is 6.42. The number of hydrogen-bond acceptors (Lipinski definition) is 4. The molecule has 0 aliphatic heterocycles. The molecule has 0 heterocycles. The van der Waals surface area contributed by atoms with Crippen LogP contribution < -0.4 is 4.74 Å². The molecule has 0 bridgehead atoms. The maximum atomic E-state index is 11.4. The van der Waals surface area contributed by atoms with E-state index in [1.165, 1.54) is 36.4 Å². The van der Waals surface area contributed by atoms with Crippen molar-refractivity contribution in [1.29, 1.82) is 0 Å². The van der Waals surface area contributed by atoms with E-state index in [1.54, 1.807) is 36.4 Å². The van der Waals surface area contributed by atoms with Gasteiger partial charge in [0, 0.05) is 11.1 Å². The van der Waals surface area contributed by atoms with E-state index in [1.807, 2.05) is 12.1 Å². The van der Waals surface area contributed by atoms with Gasteiger partial charge in [-0.1, -0.05) is 56.7 Å². The van der Waals surface area contributed by atoms with E-state index >= 15 is 0 Å². The summed E-state index contributed by atoms with van der Waals surface area (Å²) in [6.45, 7) is 4.61. The molecule has 1 unspecified atom stereocenters. The summed E-state index contributed by atoms with van der Waals surface area (Å²) in [5.74, 6) is -2.21. The molecule has 7 nitrogen and oxygen atoms in total. The molecule has 39 heavy (non-hydrogen) atoms. The van der Waals surface area contributed by atoms with Gasteiger partial charge < -0.3 is 20.1 Å². The van der Waals surface area contributed by atoms with Crippen molar-refractivity contribution in [2.75, 3.05) is 6.61 Å². The first kappa shape index (κ1) is 27.1. The molecule has 0 aliphatic rings. The smallest absolute Gasteiger partial charge is 0.335 e. The van der Waals surface area contributed by atoms with Gasteiger partial charge in [0.2, 0.25) is 0 Å². The Labute approximate surface area is 226 Å². The van der Waals surface area contributed by atoms with E-state index in [-0.39, 0.29) is 22.6 Å².